The van der Waals surface area contributed by atoms with Gasteiger partial charge >= 0.3 is 18.3 Å². The Balaban J connectivity index is 1.51. The molecule has 1 aliphatic carbocycles. The average Bonchev–Trinajstić information content (AvgIpc) is 3.76. The molecule has 3 heterocycles. The minimum atomic E-state index is -4.40. The van der Waals surface area contributed by atoms with Crippen molar-refractivity contribution in [3.8, 4) is 23.0 Å². The Morgan fingerprint density at radius 2 is 1.42 bits per heavy atom. The molecule has 5 rings (SSSR count). The van der Waals surface area contributed by atoms with Crippen LogP contribution in [0.4, 0.5) is 26.0 Å². The normalized spacial score (nSPS) is 18.8. The SMILES string of the molecule is CN(Cc1ccc(-c2nnc(-c3nc(N4C[C@@H]5CCC(CS(=O)(=O)[O-])[C@H]5C4)cnc3N(C(=O)OC(C)(C)C)C(=O)OC(C)(C)C)o2)cc1)C(=O)OC(C)(C)C. The van der Waals surface area contributed by atoms with Crippen LogP contribution in [-0.4, -0.2) is 99.0 Å². The summed E-state index contributed by atoms with van der Waals surface area (Å²) in [5, 5.41) is 8.47. The van der Waals surface area contributed by atoms with Crippen LogP contribution in [0.15, 0.2) is 34.9 Å². The van der Waals surface area contributed by atoms with Crippen LogP contribution < -0.4 is 9.80 Å². The van der Waals surface area contributed by atoms with E-state index in [1.807, 2.05) is 4.90 Å². The number of aromatic nitrogens is 4. The van der Waals surface area contributed by atoms with Crippen LogP contribution in [0.2, 0.25) is 0 Å². The lowest BCUT2D eigenvalue weighted by molar-refractivity contribution is 0.0283. The number of amides is 3. The van der Waals surface area contributed by atoms with Crippen molar-refractivity contribution in [3.05, 3.63) is 36.0 Å². The summed E-state index contributed by atoms with van der Waals surface area (Å²) < 4.78 is 57.7. The molecule has 1 aromatic carbocycles. The summed E-state index contributed by atoms with van der Waals surface area (Å²) >= 11 is 0. The molecule has 3 amide bonds. The van der Waals surface area contributed by atoms with Gasteiger partial charge in [-0.2, -0.15) is 4.90 Å². The monoisotopic (exact) mass is 784 g/mol. The average molecular weight is 785 g/mol. The maximum Gasteiger partial charge on any atom is 0.425 e. The van der Waals surface area contributed by atoms with E-state index in [1.165, 1.54) is 11.1 Å². The highest BCUT2D eigenvalue weighted by atomic mass is 32.2. The number of nitrogens with zero attached hydrogens (tertiary/aromatic N) is 7. The van der Waals surface area contributed by atoms with Gasteiger partial charge in [0, 0.05) is 38.0 Å². The Morgan fingerprint density at radius 3 is 1.98 bits per heavy atom. The molecule has 0 bridgehead atoms. The van der Waals surface area contributed by atoms with Crippen molar-refractivity contribution in [1.29, 1.82) is 0 Å². The van der Waals surface area contributed by atoms with E-state index in [1.54, 1.807) is 93.6 Å². The van der Waals surface area contributed by atoms with E-state index >= 15 is 0 Å². The van der Waals surface area contributed by atoms with E-state index in [2.05, 4.69) is 15.2 Å². The topological polar surface area (TPSA) is 211 Å². The van der Waals surface area contributed by atoms with Crippen LogP contribution in [0.3, 0.4) is 0 Å². The zero-order valence-electron chi connectivity index (χ0n) is 33.0. The van der Waals surface area contributed by atoms with Crippen molar-refractivity contribution in [2.24, 2.45) is 17.8 Å². The molecule has 0 N–H and O–H groups in total. The van der Waals surface area contributed by atoms with Gasteiger partial charge < -0.3 is 33.0 Å². The maximum atomic E-state index is 13.7. The fourth-order valence-corrected chi connectivity index (χ4v) is 7.53. The quantitative estimate of drug-likeness (QED) is 0.183. The minimum Gasteiger partial charge on any atom is -0.748 e. The summed E-state index contributed by atoms with van der Waals surface area (Å²) in [6, 6.07) is 7.09. The number of benzene rings is 1. The third-order valence-electron chi connectivity index (χ3n) is 8.81. The lowest BCUT2D eigenvalue weighted by atomic mass is 9.94. The van der Waals surface area contributed by atoms with E-state index in [0.717, 1.165) is 12.0 Å². The molecule has 2 aromatic heterocycles. The molecule has 1 unspecified atom stereocenters. The molecule has 2 aliphatic rings. The summed E-state index contributed by atoms with van der Waals surface area (Å²) in [7, 11) is -2.77. The fraction of sp³-hybridized carbons (Fsp3) is 0.595. The fourth-order valence-electron chi connectivity index (χ4n) is 6.60. The second-order valence-electron chi connectivity index (χ2n) is 17.0. The lowest BCUT2D eigenvalue weighted by Crippen LogP contribution is -2.44. The molecule has 3 aromatic rings. The molecular formula is C37H50N7O10S-. The van der Waals surface area contributed by atoms with Crippen LogP contribution in [0.25, 0.3) is 23.0 Å². The molecule has 0 spiro atoms. The predicted octanol–water partition coefficient (Wildman–Crippen LogP) is 6.24. The Morgan fingerprint density at radius 1 is 0.855 bits per heavy atom. The smallest absolute Gasteiger partial charge is 0.425 e. The number of carbonyl (C=O) groups excluding carboxylic acids is 3. The Labute approximate surface area is 321 Å². The summed E-state index contributed by atoms with van der Waals surface area (Å²) in [5.41, 5.74) is -1.40. The largest absolute Gasteiger partial charge is 0.748 e. The molecule has 17 nitrogen and oxygen atoms in total. The number of rotatable bonds is 8. The Bertz CT molecular complexity index is 1970. The number of carbonyl (C=O) groups is 3. The minimum absolute atomic E-state index is 0.0458. The van der Waals surface area contributed by atoms with E-state index < -0.39 is 51.0 Å². The van der Waals surface area contributed by atoms with Crippen LogP contribution in [0.1, 0.15) is 80.7 Å². The summed E-state index contributed by atoms with van der Waals surface area (Å²) in [4.78, 5) is 53.2. The predicted molar refractivity (Wildman–Crippen MR) is 200 cm³/mol. The molecular weight excluding hydrogens is 735 g/mol. The first-order valence-electron chi connectivity index (χ1n) is 18.0. The number of hydrogen-bond donors (Lipinski definition) is 0. The number of ether oxygens (including phenoxy) is 3. The zero-order chi connectivity index (χ0) is 40.7. The molecule has 1 aliphatic heterocycles. The van der Waals surface area contributed by atoms with Gasteiger partial charge in [-0.05, 0) is 111 Å². The Hall–Kier alpha value is -4.84. The van der Waals surface area contributed by atoms with Crippen molar-refractivity contribution in [2.75, 3.05) is 35.7 Å². The zero-order valence-corrected chi connectivity index (χ0v) is 33.8. The molecule has 300 valence electrons. The second kappa shape index (κ2) is 15.4. The van der Waals surface area contributed by atoms with Gasteiger partial charge in [0.2, 0.25) is 5.89 Å². The van der Waals surface area contributed by atoms with Crippen LogP contribution in [0, 0.1) is 17.8 Å². The van der Waals surface area contributed by atoms with Gasteiger partial charge in [0.1, 0.15) is 22.6 Å². The molecule has 2 fully saturated rings. The van der Waals surface area contributed by atoms with E-state index in [9.17, 15) is 27.4 Å². The van der Waals surface area contributed by atoms with Gasteiger partial charge in [0.05, 0.1) is 16.3 Å². The molecule has 1 saturated carbocycles. The van der Waals surface area contributed by atoms with Crippen LogP contribution >= 0.6 is 0 Å². The second-order valence-corrected chi connectivity index (χ2v) is 18.5. The van der Waals surface area contributed by atoms with Crippen LogP contribution in [0.5, 0.6) is 0 Å². The van der Waals surface area contributed by atoms with Crippen molar-refractivity contribution < 1.29 is 46.0 Å². The number of hydrogen-bond acceptors (Lipinski definition) is 15. The highest BCUT2D eigenvalue weighted by Gasteiger charge is 2.44. The van der Waals surface area contributed by atoms with Crippen molar-refractivity contribution in [2.45, 2.75) is 98.5 Å². The first-order valence-corrected chi connectivity index (χ1v) is 19.6. The standard InChI is InChI=1S/C37H51N7O10S/c1-35(2,3)52-32(45)42(10)18-22-11-13-23(14-12-22)30-40-41-31(51-30)28-29(44(33(46)53-36(4,5)6)34(47)54-37(7,8)9)38-17-27(39-28)43-19-24-15-16-25(26(24)20-43)21-55(48,49)50/h11-14,17,24-26H,15-16,18-21H2,1-10H3,(H,48,49,50)/p-1/t24-,25?,26-/m0/s1. The molecule has 3 atom stereocenters. The molecule has 55 heavy (non-hydrogen) atoms. The summed E-state index contributed by atoms with van der Waals surface area (Å²) in [5.74, 6) is -0.611. The number of fused-ring (bicyclic) bond motifs is 1. The van der Waals surface area contributed by atoms with Crippen LogP contribution in [-0.2, 0) is 30.9 Å². The van der Waals surface area contributed by atoms with E-state index in [0.29, 0.717) is 35.8 Å². The first-order chi connectivity index (χ1) is 25.4. The van der Waals surface area contributed by atoms with Gasteiger partial charge in [-0.15, -0.1) is 10.2 Å². The molecule has 1 saturated heterocycles. The highest BCUT2D eigenvalue weighted by Crippen LogP contribution is 2.44. The van der Waals surface area contributed by atoms with Crippen molar-refractivity contribution >= 4 is 40.0 Å². The van der Waals surface area contributed by atoms with E-state index in [4.69, 9.17) is 23.6 Å². The maximum absolute atomic E-state index is 13.7. The van der Waals surface area contributed by atoms with Gasteiger partial charge in [-0.25, -0.2) is 32.8 Å². The molecule has 18 heteroatoms. The first kappa shape index (κ1) is 41.3. The lowest BCUT2D eigenvalue weighted by Gasteiger charge is -2.29. The third-order valence-corrected chi connectivity index (χ3v) is 9.64. The van der Waals surface area contributed by atoms with Gasteiger partial charge in [-0.1, -0.05) is 12.1 Å². The summed E-state index contributed by atoms with van der Waals surface area (Å²) in [6.45, 7) is 16.5. The Kier molecular flexibility index (Phi) is 11.5. The third kappa shape index (κ3) is 10.9. The number of anilines is 2. The van der Waals surface area contributed by atoms with Gasteiger partial charge in [0.25, 0.3) is 5.89 Å². The number of imide groups is 1. The van der Waals surface area contributed by atoms with Gasteiger partial charge in [-0.3, -0.25) is 0 Å². The van der Waals surface area contributed by atoms with Gasteiger partial charge in [0.15, 0.2) is 11.5 Å². The molecule has 0 radical (unpaired) electrons. The van der Waals surface area contributed by atoms with E-state index in [-0.39, 0.29) is 47.6 Å². The van der Waals surface area contributed by atoms with Crippen molar-refractivity contribution in [3.63, 3.8) is 0 Å². The summed E-state index contributed by atoms with van der Waals surface area (Å²) in [6.07, 6.45) is 0.187. The van der Waals surface area contributed by atoms with Crippen molar-refractivity contribution in [1.82, 2.24) is 25.1 Å². The highest BCUT2D eigenvalue weighted by molar-refractivity contribution is 7.85.